The molecule has 0 radical (unpaired) electrons. The molecule has 1 saturated heterocycles. The summed E-state index contributed by atoms with van der Waals surface area (Å²) in [5, 5.41) is 10.0. The number of urea groups is 1. The van der Waals surface area contributed by atoms with Gasteiger partial charge >= 0.3 is 6.03 Å². The minimum Gasteiger partial charge on any atom is -0.338 e. The predicted octanol–water partition coefficient (Wildman–Crippen LogP) is 2.43. The van der Waals surface area contributed by atoms with Crippen LogP contribution >= 0.6 is 0 Å². The van der Waals surface area contributed by atoms with Gasteiger partial charge in [0, 0.05) is 44.8 Å². The summed E-state index contributed by atoms with van der Waals surface area (Å²) in [6.45, 7) is 9.21. The SMILES string of the molecule is CC1CC(C)CN(CCCNC(=O)NCc2ccnc(-n3cccn3)c2)C1. The maximum Gasteiger partial charge on any atom is 0.315 e. The molecule has 1 fully saturated rings. The number of rotatable bonds is 7. The average molecular weight is 371 g/mol. The lowest BCUT2D eigenvalue weighted by molar-refractivity contribution is 0.139. The summed E-state index contributed by atoms with van der Waals surface area (Å²) >= 11 is 0. The lowest BCUT2D eigenvalue weighted by Gasteiger charge is -2.34. The lowest BCUT2D eigenvalue weighted by Crippen LogP contribution is -2.41. The monoisotopic (exact) mass is 370 g/mol. The molecule has 27 heavy (non-hydrogen) atoms. The molecular weight excluding hydrogens is 340 g/mol. The third-order valence-corrected chi connectivity index (χ3v) is 4.88. The molecule has 7 nitrogen and oxygen atoms in total. The molecule has 146 valence electrons. The average Bonchev–Trinajstić information content (AvgIpc) is 3.18. The quantitative estimate of drug-likeness (QED) is 0.734. The third kappa shape index (κ3) is 6.06. The molecule has 2 atom stereocenters. The van der Waals surface area contributed by atoms with Crippen LogP contribution in [0.2, 0.25) is 0 Å². The van der Waals surface area contributed by atoms with Crippen molar-refractivity contribution in [1.29, 1.82) is 0 Å². The first kappa shape index (κ1) is 19.4. The number of carbonyl (C=O) groups is 1. The van der Waals surface area contributed by atoms with Gasteiger partial charge in [-0.25, -0.2) is 14.5 Å². The van der Waals surface area contributed by atoms with Crippen LogP contribution in [0, 0.1) is 11.8 Å². The highest BCUT2D eigenvalue weighted by Crippen LogP contribution is 2.20. The van der Waals surface area contributed by atoms with Crippen molar-refractivity contribution >= 4 is 6.03 Å². The first-order chi connectivity index (χ1) is 13.1. The van der Waals surface area contributed by atoms with E-state index >= 15 is 0 Å². The molecule has 1 aliphatic heterocycles. The number of pyridine rings is 1. The zero-order chi connectivity index (χ0) is 19.1. The molecule has 0 saturated carbocycles. The number of amides is 2. The highest BCUT2D eigenvalue weighted by atomic mass is 16.2. The minimum atomic E-state index is -0.132. The second kappa shape index (κ2) is 9.50. The van der Waals surface area contributed by atoms with Crippen molar-refractivity contribution < 1.29 is 4.79 Å². The van der Waals surface area contributed by atoms with Crippen LogP contribution in [0.5, 0.6) is 0 Å². The summed E-state index contributed by atoms with van der Waals surface area (Å²) < 4.78 is 1.70. The fourth-order valence-electron chi connectivity index (χ4n) is 3.82. The van der Waals surface area contributed by atoms with Crippen LogP contribution in [0.25, 0.3) is 5.82 Å². The number of piperidine rings is 1. The Morgan fingerprint density at radius 3 is 2.78 bits per heavy atom. The van der Waals surface area contributed by atoms with Crippen LogP contribution in [-0.4, -0.2) is 51.9 Å². The molecule has 0 spiro atoms. The number of aromatic nitrogens is 3. The van der Waals surface area contributed by atoms with Gasteiger partial charge in [-0.1, -0.05) is 13.8 Å². The normalized spacial score (nSPS) is 20.4. The lowest BCUT2D eigenvalue weighted by atomic mass is 9.92. The largest absolute Gasteiger partial charge is 0.338 e. The first-order valence-corrected chi connectivity index (χ1v) is 9.79. The molecule has 2 aromatic rings. The van der Waals surface area contributed by atoms with Crippen LogP contribution in [0.15, 0.2) is 36.8 Å². The highest BCUT2D eigenvalue weighted by Gasteiger charge is 2.20. The maximum atomic E-state index is 12.0. The molecule has 2 aromatic heterocycles. The Kier molecular flexibility index (Phi) is 6.81. The number of likely N-dealkylation sites (tertiary alicyclic amines) is 1. The Hall–Kier alpha value is -2.41. The summed E-state index contributed by atoms with van der Waals surface area (Å²) in [5.74, 6) is 2.29. The highest BCUT2D eigenvalue weighted by molar-refractivity contribution is 5.73. The number of nitrogens with zero attached hydrogens (tertiary/aromatic N) is 4. The van der Waals surface area contributed by atoms with Gasteiger partial charge in [-0.3, -0.25) is 0 Å². The second-order valence-electron chi connectivity index (χ2n) is 7.64. The molecule has 2 amide bonds. The van der Waals surface area contributed by atoms with Gasteiger partial charge < -0.3 is 15.5 Å². The van der Waals surface area contributed by atoms with Crippen LogP contribution in [0.4, 0.5) is 4.79 Å². The van der Waals surface area contributed by atoms with Crippen LogP contribution in [0.1, 0.15) is 32.3 Å². The van der Waals surface area contributed by atoms with E-state index in [1.807, 2.05) is 24.4 Å². The molecule has 0 aliphatic carbocycles. The van der Waals surface area contributed by atoms with Crippen LogP contribution < -0.4 is 10.6 Å². The van der Waals surface area contributed by atoms with Crippen molar-refractivity contribution in [1.82, 2.24) is 30.3 Å². The van der Waals surface area contributed by atoms with Gasteiger partial charge in [0.05, 0.1) is 0 Å². The van der Waals surface area contributed by atoms with Crippen molar-refractivity contribution in [3.05, 3.63) is 42.4 Å². The Balaban J connectivity index is 1.35. The van der Waals surface area contributed by atoms with E-state index in [1.54, 1.807) is 17.1 Å². The third-order valence-electron chi connectivity index (χ3n) is 4.88. The Labute approximate surface area is 161 Å². The van der Waals surface area contributed by atoms with Crippen molar-refractivity contribution in [3.8, 4) is 5.82 Å². The molecule has 3 heterocycles. The van der Waals surface area contributed by atoms with E-state index in [2.05, 4.69) is 39.5 Å². The fourth-order valence-corrected chi connectivity index (χ4v) is 3.82. The van der Waals surface area contributed by atoms with E-state index < -0.39 is 0 Å². The van der Waals surface area contributed by atoms with Gasteiger partial charge in [-0.15, -0.1) is 0 Å². The van der Waals surface area contributed by atoms with Gasteiger partial charge in [-0.2, -0.15) is 5.10 Å². The van der Waals surface area contributed by atoms with Crippen molar-refractivity contribution in [3.63, 3.8) is 0 Å². The zero-order valence-electron chi connectivity index (χ0n) is 16.3. The zero-order valence-corrected chi connectivity index (χ0v) is 16.3. The van der Waals surface area contributed by atoms with Crippen molar-refractivity contribution in [2.24, 2.45) is 11.8 Å². The van der Waals surface area contributed by atoms with Gasteiger partial charge in [0.1, 0.15) is 0 Å². The summed E-state index contributed by atoms with van der Waals surface area (Å²) in [4.78, 5) is 18.8. The van der Waals surface area contributed by atoms with Crippen molar-refractivity contribution in [2.75, 3.05) is 26.2 Å². The minimum absolute atomic E-state index is 0.132. The van der Waals surface area contributed by atoms with Crippen molar-refractivity contribution in [2.45, 2.75) is 33.2 Å². The van der Waals surface area contributed by atoms with E-state index in [9.17, 15) is 4.79 Å². The summed E-state index contributed by atoms with van der Waals surface area (Å²) in [6, 6.07) is 5.54. The predicted molar refractivity (Wildman–Crippen MR) is 106 cm³/mol. The van der Waals surface area contributed by atoms with E-state index in [0.29, 0.717) is 13.1 Å². The van der Waals surface area contributed by atoms with Gasteiger partial charge in [0.15, 0.2) is 5.82 Å². The Bertz CT molecular complexity index is 707. The summed E-state index contributed by atoms with van der Waals surface area (Å²) in [6.07, 6.45) is 7.59. The maximum absolute atomic E-state index is 12.0. The molecule has 0 bridgehead atoms. The van der Waals surface area contributed by atoms with E-state index in [0.717, 1.165) is 36.2 Å². The van der Waals surface area contributed by atoms with Gasteiger partial charge in [0.2, 0.25) is 0 Å². The smallest absolute Gasteiger partial charge is 0.315 e. The van der Waals surface area contributed by atoms with Crippen LogP contribution in [0.3, 0.4) is 0 Å². The standard InChI is InChI=1S/C20H30N6O/c1-16-11-17(2)15-25(14-16)9-3-6-22-20(27)23-13-18-5-8-21-19(12-18)26-10-4-7-24-26/h4-5,7-8,10,12,16-17H,3,6,9,11,13-15H2,1-2H3,(H2,22,23,27). The fraction of sp³-hybridized carbons (Fsp3) is 0.550. The molecular formula is C20H30N6O. The molecule has 1 aliphatic rings. The number of nitrogens with one attached hydrogen (secondary N) is 2. The van der Waals surface area contributed by atoms with Gasteiger partial charge in [-0.05, 0) is 55.0 Å². The van der Waals surface area contributed by atoms with Gasteiger partial charge in [0.25, 0.3) is 0 Å². The molecule has 0 aromatic carbocycles. The molecule has 7 heteroatoms. The first-order valence-electron chi connectivity index (χ1n) is 9.79. The molecule has 2 unspecified atom stereocenters. The second-order valence-corrected chi connectivity index (χ2v) is 7.64. The topological polar surface area (TPSA) is 75.1 Å². The Morgan fingerprint density at radius 2 is 2.04 bits per heavy atom. The number of carbonyl (C=O) groups excluding carboxylic acids is 1. The summed E-state index contributed by atoms with van der Waals surface area (Å²) in [7, 11) is 0. The van der Waals surface area contributed by atoms with Crippen LogP contribution in [-0.2, 0) is 6.54 Å². The number of hydrogen-bond acceptors (Lipinski definition) is 4. The summed E-state index contributed by atoms with van der Waals surface area (Å²) in [5.41, 5.74) is 0.988. The van der Waals surface area contributed by atoms with E-state index in [-0.39, 0.29) is 6.03 Å². The number of hydrogen-bond donors (Lipinski definition) is 2. The Morgan fingerprint density at radius 1 is 1.22 bits per heavy atom. The molecule has 3 rings (SSSR count). The molecule has 2 N–H and O–H groups in total. The van der Waals surface area contributed by atoms with E-state index in [4.69, 9.17) is 0 Å². The van der Waals surface area contributed by atoms with E-state index in [1.165, 1.54) is 19.5 Å².